The van der Waals surface area contributed by atoms with E-state index in [0.717, 1.165) is 11.1 Å². The molecule has 1 fully saturated rings. The molecule has 7 heteroatoms. The molecule has 0 aliphatic carbocycles. The molecule has 1 amide bonds. The van der Waals surface area contributed by atoms with Gasteiger partial charge in [-0.05, 0) is 24.6 Å². The predicted molar refractivity (Wildman–Crippen MR) is 120 cm³/mol. The van der Waals surface area contributed by atoms with Gasteiger partial charge in [-0.3, -0.25) is 20.2 Å². The van der Waals surface area contributed by atoms with Crippen molar-refractivity contribution in [2.24, 2.45) is 0 Å². The third-order valence-electron chi connectivity index (χ3n) is 6.48. The summed E-state index contributed by atoms with van der Waals surface area (Å²) in [6.07, 6.45) is 0. The molecule has 0 unspecified atom stereocenters. The first-order valence-electron chi connectivity index (χ1n) is 10.6. The lowest BCUT2D eigenvalue weighted by Gasteiger charge is -2.26. The molecule has 0 radical (unpaired) electrons. The van der Waals surface area contributed by atoms with Crippen LogP contribution in [0, 0.1) is 10.1 Å². The Morgan fingerprint density at radius 3 is 2.47 bits per heavy atom. The summed E-state index contributed by atoms with van der Waals surface area (Å²) in [4.78, 5) is 25.3. The van der Waals surface area contributed by atoms with E-state index in [4.69, 9.17) is 4.74 Å². The second kappa shape index (κ2) is 7.76. The van der Waals surface area contributed by atoms with Crippen LogP contribution in [0.25, 0.3) is 0 Å². The highest BCUT2D eigenvalue weighted by Gasteiger charge is 2.67. The second-order valence-corrected chi connectivity index (χ2v) is 8.31. The van der Waals surface area contributed by atoms with Crippen molar-refractivity contribution in [2.75, 3.05) is 5.32 Å². The Morgan fingerprint density at radius 2 is 1.69 bits per heavy atom. The van der Waals surface area contributed by atoms with Crippen LogP contribution in [0.4, 0.5) is 5.69 Å². The van der Waals surface area contributed by atoms with E-state index in [0.29, 0.717) is 23.6 Å². The van der Waals surface area contributed by atoms with Gasteiger partial charge in [0.25, 0.3) is 11.9 Å². The molecule has 0 aromatic heterocycles. The normalized spacial score (nSPS) is 26.0. The van der Waals surface area contributed by atoms with Crippen LogP contribution in [0.15, 0.2) is 78.9 Å². The number of hydrogen-bond acceptors (Lipinski definition) is 5. The topological polar surface area (TPSA) is 93.5 Å². The van der Waals surface area contributed by atoms with Crippen LogP contribution in [0.3, 0.4) is 0 Å². The third kappa shape index (κ3) is 3.05. The van der Waals surface area contributed by atoms with Gasteiger partial charge >= 0.3 is 0 Å². The van der Waals surface area contributed by atoms with E-state index in [9.17, 15) is 14.9 Å². The predicted octanol–water partition coefficient (Wildman–Crippen LogP) is 3.83. The molecule has 5 rings (SSSR count). The monoisotopic (exact) mass is 429 g/mol. The van der Waals surface area contributed by atoms with Gasteiger partial charge in [-0.25, -0.2) is 0 Å². The Balaban J connectivity index is 1.56. The summed E-state index contributed by atoms with van der Waals surface area (Å²) >= 11 is 0. The molecule has 162 valence electrons. The average molecular weight is 429 g/mol. The Morgan fingerprint density at radius 1 is 1.00 bits per heavy atom. The maximum atomic E-state index is 13.2. The lowest BCUT2D eigenvalue weighted by Crippen LogP contribution is -2.54. The van der Waals surface area contributed by atoms with E-state index in [1.165, 1.54) is 0 Å². The van der Waals surface area contributed by atoms with Gasteiger partial charge in [0.15, 0.2) is 5.54 Å². The molecular formula is C25H23N3O4. The number of carbonyl (C=O) groups excluding carboxylic acids is 1. The van der Waals surface area contributed by atoms with Crippen molar-refractivity contribution < 1.29 is 14.5 Å². The molecule has 3 aromatic carbocycles. The minimum atomic E-state index is -1.43. The van der Waals surface area contributed by atoms with Crippen LogP contribution in [-0.2, 0) is 16.9 Å². The number of para-hydroxylation sites is 2. The lowest BCUT2D eigenvalue weighted by molar-refractivity contribution is -0.532. The standard InChI is InChI=1S/C25H23N3O4/c1-16-22(18-11-5-8-14-21(18)32-15-17-9-3-2-4-10-17)23(28(30)31)25(27-16)19-12-6-7-13-20(19)26-24(25)29/h2-14,16,22-23,27H,15H2,1H3,(H,26,29)/t16-,22-,23-,25-/m0/s1. The summed E-state index contributed by atoms with van der Waals surface area (Å²) in [7, 11) is 0. The maximum Gasteiger partial charge on any atom is 0.256 e. The molecular weight excluding hydrogens is 406 g/mol. The molecule has 0 saturated carbocycles. The van der Waals surface area contributed by atoms with Crippen molar-refractivity contribution in [1.82, 2.24) is 5.32 Å². The minimum absolute atomic E-state index is 0.323. The number of rotatable bonds is 5. The fourth-order valence-electron chi connectivity index (χ4n) is 5.14. The quantitative estimate of drug-likeness (QED) is 0.475. The number of carbonyl (C=O) groups is 1. The summed E-state index contributed by atoms with van der Waals surface area (Å²) in [5.74, 6) is -0.364. The smallest absolute Gasteiger partial charge is 0.256 e. The zero-order valence-corrected chi connectivity index (χ0v) is 17.5. The summed E-state index contributed by atoms with van der Waals surface area (Å²) in [6, 6.07) is 22.8. The van der Waals surface area contributed by atoms with Crippen LogP contribution in [0.2, 0.25) is 0 Å². The number of ether oxygens (including phenoxy) is 1. The van der Waals surface area contributed by atoms with Crippen molar-refractivity contribution in [1.29, 1.82) is 0 Å². The molecule has 1 spiro atoms. The molecule has 2 aliphatic heterocycles. The number of hydrogen-bond donors (Lipinski definition) is 2. The Hall–Kier alpha value is -3.71. The summed E-state index contributed by atoms with van der Waals surface area (Å²) in [5, 5.41) is 18.6. The second-order valence-electron chi connectivity index (χ2n) is 8.31. The van der Waals surface area contributed by atoms with Gasteiger partial charge in [0.1, 0.15) is 12.4 Å². The molecule has 3 aromatic rings. The maximum absolute atomic E-state index is 13.2. The van der Waals surface area contributed by atoms with E-state index < -0.39 is 23.4 Å². The van der Waals surface area contributed by atoms with E-state index in [1.54, 1.807) is 18.2 Å². The molecule has 32 heavy (non-hydrogen) atoms. The van der Waals surface area contributed by atoms with E-state index in [-0.39, 0.29) is 11.0 Å². The first kappa shape index (κ1) is 20.2. The van der Waals surface area contributed by atoms with Gasteiger partial charge in [0, 0.05) is 27.8 Å². The first-order chi connectivity index (χ1) is 15.5. The van der Waals surface area contributed by atoms with Crippen molar-refractivity contribution in [3.05, 3.63) is 106 Å². The minimum Gasteiger partial charge on any atom is -0.489 e. The van der Waals surface area contributed by atoms with Gasteiger partial charge in [-0.2, -0.15) is 0 Å². The highest BCUT2D eigenvalue weighted by molar-refractivity contribution is 6.07. The molecule has 2 N–H and O–H groups in total. The highest BCUT2D eigenvalue weighted by Crippen LogP contribution is 2.50. The van der Waals surface area contributed by atoms with Crippen molar-refractivity contribution in [3.63, 3.8) is 0 Å². The lowest BCUT2D eigenvalue weighted by atomic mass is 9.78. The van der Waals surface area contributed by atoms with Crippen LogP contribution in [0.1, 0.15) is 29.5 Å². The Labute approximate surface area is 185 Å². The fraction of sp³-hybridized carbons (Fsp3) is 0.240. The molecule has 2 aliphatic rings. The number of nitro groups is 1. The van der Waals surface area contributed by atoms with Crippen molar-refractivity contribution in [3.8, 4) is 5.75 Å². The van der Waals surface area contributed by atoms with Gasteiger partial charge < -0.3 is 10.1 Å². The molecule has 0 bridgehead atoms. The van der Waals surface area contributed by atoms with Gasteiger partial charge in [-0.1, -0.05) is 66.7 Å². The van der Waals surface area contributed by atoms with Crippen LogP contribution >= 0.6 is 0 Å². The van der Waals surface area contributed by atoms with Crippen LogP contribution < -0.4 is 15.4 Å². The Bertz CT molecular complexity index is 1180. The molecule has 1 saturated heterocycles. The largest absolute Gasteiger partial charge is 0.489 e. The highest BCUT2D eigenvalue weighted by atomic mass is 16.6. The number of benzene rings is 3. The van der Waals surface area contributed by atoms with E-state index in [1.807, 2.05) is 67.6 Å². The average Bonchev–Trinajstić information content (AvgIpc) is 3.27. The zero-order valence-electron chi connectivity index (χ0n) is 17.5. The summed E-state index contributed by atoms with van der Waals surface area (Å²) < 4.78 is 6.11. The number of anilines is 1. The first-order valence-corrected chi connectivity index (χ1v) is 10.6. The van der Waals surface area contributed by atoms with E-state index >= 15 is 0 Å². The van der Waals surface area contributed by atoms with Gasteiger partial charge in [-0.15, -0.1) is 0 Å². The van der Waals surface area contributed by atoms with E-state index in [2.05, 4.69) is 10.6 Å². The number of nitrogens with one attached hydrogen (secondary N) is 2. The summed E-state index contributed by atoms with van der Waals surface area (Å²) in [6.45, 7) is 2.24. The third-order valence-corrected chi connectivity index (χ3v) is 6.48. The van der Waals surface area contributed by atoms with Crippen LogP contribution in [-0.4, -0.2) is 22.9 Å². The van der Waals surface area contributed by atoms with Crippen molar-refractivity contribution >= 4 is 11.6 Å². The summed E-state index contributed by atoms with van der Waals surface area (Å²) in [5.41, 5.74) is 1.52. The van der Waals surface area contributed by atoms with Gasteiger partial charge in [0.05, 0.1) is 5.92 Å². The number of nitrogens with zero attached hydrogens (tertiary/aromatic N) is 1. The van der Waals surface area contributed by atoms with Gasteiger partial charge in [0.2, 0.25) is 0 Å². The molecule has 7 nitrogen and oxygen atoms in total. The van der Waals surface area contributed by atoms with Crippen LogP contribution in [0.5, 0.6) is 5.75 Å². The zero-order chi connectivity index (χ0) is 22.3. The fourth-order valence-corrected chi connectivity index (χ4v) is 5.14. The van der Waals surface area contributed by atoms with Crippen molar-refractivity contribution in [2.45, 2.75) is 37.1 Å². The number of fused-ring (bicyclic) bond motifs is 2. The molecule has 4 atom stereocenters. The number of amides is 1. The Kier molecular flexibility index (Phi) is 4.90. The SMILES string of the molecule is C[C@@H]1N[C@]2(C(=O)Nc3ccccc32)[C@@H]([N+](=O)[O-])[C@@H]1c1ccccc1OCc1ccccc1. The molecule has 2 heterocycles.